The zero-order chi connectivity index (χ0) is 9.40. The summed E-state index contributed by atoms with van der Waals surface area (Å²) in [5, 5.41) is 0. The fourth-order valence-electron chi connectivity index (χ4n) is 0.838. The zero-order valence-electron chi connectivity index (χ0n) is 8.67. The molecule has 0 aromatic rings. The van der Waals surface area contributed by atoms with E-state index in [-0.39, 0.29) is 0 Å². The molecule has 0 bridgehead atoms. The SMILES string of the molecule is C/C=C\N=C(C)N(C)CCCC. The van der Waals surface area contributed by atoms with Crippen molar-refractivity contribution in [3.05, 3.63) is 12.3 Å². The Morgan fingerprint density at radius 1 is 1.50 bits per heavy atom. The second-order valence-electron chi connectivity index (χ2n) is 2.93. The van der Waals surface area contributed by atoms with Gasteiger partial charge in [0.05, 0.1) is 0 Å². The highest BCUT2D eigenvalue weighted by Crippen LogP contribution is 1.94. The van der Waals surface area contributed by atoms with Crippen LogP contribution in [0.2, 0.25) is 0 Å². The smallest absolute Gasteiger partial charge is 0.101 e. The van der Waals surface area contributed by atoms with Crippen molar-refractivity contribution in [3.63, 3.8) is 0 Å². The van der Waals surface area contributed by atoms with E-state index in [0.717, 1.165) is 12.4 Å². The van der Waals surface area contributed by atoms with Gasteiger partial charge in [-0.05, 0) is 20.3 Å². The Morgan fingerprint density at radius 2 is 2.17 bits per heavy atom. The summed E-state index contributed by atoms with van der Waals surface area (Å²) in [6.07, 6.45) is 6.25. The summed E-state index contributed by atoms with van der Waals surface area (Å²) in [5.41, 5.74) is 0. The average molecular weight is 168 g/mol. The van der Waals surface area contributed by atoms with Crippen LogP contribution in [0.25, 0.3) is 0 Å². The number of hydrogen-bond acceptors (Lipinski definition) is 1. The topological polar surface area (TPSA) is 15.6 Å². The van der Waals surface area contributed by atoms with Gasteiger partial charge in [-0.3, -0.25) is 0 Å². The fourth-order valence-corrected chi connectivity index (χ4v) is 0.838. The first-order valence-electron chi connectivity index (χ1n) is 4.59. The minimum absolute atomic E-state index is 1.08. The van der Waals surface area contributed by atoms with Gasteiger partial charge in [0.15, 0.2) is 0 Å². The Morgan fingerprint density at radius 3 is 2.67 bits per heavy atom. The molecule has 12 heavy (non-hydrogen) atoms. The first kappa shape index (κ1) is 11.2. The number of rotatable bonds is 4. The third-order valence-corrected chi connectivity index (χ3v) is 1.81. The highest BCUT2D eigenvalue weighted by atomic mass is 15.1. The summed E-state index contributed by atoms with van der Waals surface area (Å²) in [5.74, 6) is 1.08. The number of unbranched alkanes of at least 4 members (excludes halogenated alkanes) is 1. The van der Waals surface area contributed by atoms with Gasteiger partial charge in [-0.15, -0.1) is 0 Å². The molecular formula is C10H20N2. The van der Waals surface area contributed by atoms with Crippen LogP contribution in [-0.4, -0.2) is 24.3 Å². The molecule has 0 saturated heterocycles. The lowest BCUT2D eigenvalue weighted by atomic mass is 10.3. The van der Waals surface area contributed by atoms with Crippen molar-refractivity contribution in [2.24, 2.45) is 4.99 Å². The number of aliphatic imine (C=N–C) groups is 1. The molecule has 0 fully saturated rings. The summed E-state index contributed by atoms with van der Waals surface area (Å²) in [7, 11) is 2.08. The minimum Gasteiger partial charge on any atom is -0.363 e. The summed E-state index contributed by atoms with van der Waals surface area (Å²) >= 11 is 0. The molecule has 0 heterocycles. The number of nitrogens with zero attached hydrogens (tertiary/aromatic N) is 2. The first-order chi connectivity index (χ1) is 5.72. The van der Waals surface area contributed by atoms with E-state index in [1.807, 2.05) is 26.1 Å². The molecule has 2 heteroatoms. The van der Waals surface area contributed by atoms with Crippen LogP contribution in [-0.2, 0) is 0 Å². The van der Waals surface area contributed by atoms with Crippen molar-refractivity contribution in [2.75, 3.05) is 13.6 Å². The Balaban J connectivity index is 3.82. The van der Waals surface area contributed by atoms with Gasteiger partial charge in [0.25, 0.3) is 0 Å². The summed E-state index contributed by atoms with van der Waals surface area (Å²) in [6.45, 7) is 7.31. The molecule has 0 saturated carbocycles. The van der Waals surface area contributed by atoms with Crippen LogP contribution >= 0.6 is 0 Å². The number of amidine groups is 1. The van der Waals surface area contributed by atoms with Crippen molar-refractivity contribution in [1.29, 1.82) is 0 Å². The van der Waals surface area contributed by atoms with E-state index in [4.69, 9.17) is 0 Å². The fraction of sp³-hybridized carbons (Fsp3) is 0.700. The van der Waals surface area contributed by atoms with Crippen LogP contribution in [0.1, 0.15) is 33.6 Å². The molecule has 0 rings (SSSR count). The van der Waals surface area contributed by atoms with Crippen molar-refractivity contribution >= 4 is 5.84 Å². The van der Waals surface area contributed by atoms with Crippen LogP contribution in [0.4, 0.5) is 0 Å². The van der Waals surface area contributed by atoms with Crippen LogP contribution in [0.5, 0.6) is 0 Å². The molecule has 0 aliphatic heterocycles. The van der Waals surface area contributed by atoms with Gasteiger partial charge >= 0.3 is 0 Å². The highest BCUT2D eigenvalue weighted by Gasteiger charge is 1.96. The third kappa shape index (κ3) is 4.94. The first-order valence-corrected chi connectivity index (χ1v) is 4.59. The maximum atomic E-state index is 4.26. The van der Waals surface area contributed by atoms with Crippen LogP contribution in [0, 0.1) is 0 Å². The van der Waals surface area contributed by atoms with Crippen LogP contribution in [0.15, 0.2) is 17.3 Å². The molecule has 0 aliphatic carbocycles. The van der Waals surface area contributed by atoms with E-state index >= 15 is 0 Å². The molecule has 0 spiro atoms. The predicted molar refractivity (Wildman–Crippen MR) is 55.5 cm³/mol. The maximum absolute atomic E-state index is 4.26. The van der Waals surface area contributed by atoms with Gasteiger partial charge in [0.1, 0.15) is 5.84 Å². The van der Waals surface area contributed by atoms with Crippen molar-refractivity contribution in [1.82, 2.24) is 4.90 Å². The summed E-state index contributed by atoms with van der Waals surface area (Å²) in [4.78, 5) is 6.44. The molecule has 0 unspecified atom stereocenters. The second-order valence-corrected chi connectivity index (χ2v) is 2.93. The number of allylic oxidation sites excluding steroid dienone is 1. The van der Waals surface area contributed by atoms with Crippen molar-refractivity contribution < 1.29 is 0 Å². The Kier molecular flexibility index (Phi) is 6.44. The standard InChI is InChI=1S/C10H20N2/c1-5-7-9-12(4)10(3)11-8-6-2/h6,8H,5,7,9H2,1-4H3/b8-6-,11-10?. The van der Waals surface area contributed by atoms with Crippen LogP contribution in [0.3, 0.4) is 0 Å². The molecule has 0 aromatic heterocycles. The third-order valence-electron chi connectivity index (χ3n) is 1.81. The lowest BCUT2D eigenvalue weighted by molar-refractivity contribution is 0.482. The molecule has 0 atom stereocenters. The van der Waals surface area contributed by atoms with Crippen molar-refractivity contribution in [3.8, 4) is 0 Å². The molecule has 0 aliphatic rings. The van der Waals surface area contributed by atoms with Gasteiger partial charge < -0.3 is 4.90 Å². The summed E-state index contributed by atoms with van der Waals surface area (Å²) < 4.78 is 0. The van der Waals surface area contributed by atoms with Gasteiger partial charge in [-0.2, -0.15) is 0 Å². The molecule has 0 aromatic carbocycles. The predicted octanol–water partition coefficient (Wildman–Crippen LogP) is 2.67. The largest absolute Gasteiger partial charge is 0.363 e. The number of hydrogen-bond donors (Lipinski definition) is 0. The van der Waals surface area contributed by atoms with E-state index < -0.39 is 0 Å². The van der Waals surface area contributed by atoms with E-state index in [2.05, 4.69) is 23.9 Å². The van der Waals surface area contributed by atoms with E-state index in [1.165, 1.54) is 12.8 Å². The summed E-state index contributed by atoms with van der Waals surface area (Å²) in [6, 6.07) is 0. The molecule has 0 N–H and O–H groups in total. The Bertz CT molecular complexity index is 159. The molecule has 70 valence electrons. The Hall–Kier alpha value is -0.790. The minimum atomic E-state index is 1.08. The molecule has 0 amide bonds. The van der Waals surface area contributed by atoms with E-state index in [9.17, 15) is 0 Å². The van der Waals surface area contributed by atoms with E-state index in [1.54, 1.807) is 0 Å². The molecule has 2 nitrogen and oxygen atoms in total. The normalized spacial score (nSPS) is 12.5. The van der Waals surface area contributed by atoms with Crippen molar-refractivity contribution in [2.45, 2.75) is 33.6 Å². The quantitative estimate of drug-likeness (QED) is 0.465. The monoisotopic (exact) mass is 168 g/mol. The molecule has 0 radical (unpaired) electrons. The van der Waals surface area contributed by atoms with Gasteiger partial charge in [-0.25, -0.2) is 4.99 Å². The lowest BCUT2D eigenvalue weighted by Crippen LogP contribution is -2.24. The van der Waals surface area contributed by atoms with Crippen LogP contribution < -0.4 is 0 Å². The zero-order valence-corrected chi connectivity index (χ0v) is 8.67. The second kappa shape index (κ2) is 6.89. The van der Waals surface area contributed by atoms with Gasteiger partial charge in [-0.1, -0.05) is 19.4 Å². The highest BCUT2D eigenvalue weighted by molar-refractivity contribution is 5.79. The average Bonchev–Trinajstić information content (AvgIpc) is 2.10. The maximum Gasteiger partial charge on any atom is 0.101 e. The van der Waals surface area contributed by atoms with Gasteiger partial charge in [0.2, 0.25) is 0 Å². The lowest BCUT2D eigenvalue weighted by Gasteiger charge is -2.17. The Labute approximate surface area is 76.0 Å². The molecular weight excluding hydrogens is 148 g/mol. The van der Waals surface area contributed by atoms with Gasteiger partial charge in [0, 0.05) is 19.8 Å². The van der Waals surface area contributed by atoms with E-state index in [0.29, 0.717) is 0 Å².